The molecule has 0 unspecified atom stereocenters. The van der Waals surface area contributed by atoms with Crippen molar-refractivity contribution < 1.29 is 9.84 Å². The second-order valence-corrected chi connectivity index (χ2v) is 3.14. The molecule has 0 saturated carbocycles. The van der Waals surface area contributed by atoms with E-state index in [0.29, 0.717) is 12.3 Å². The number of benzene rings is 1. The van der Waals surface area contributed by atoms with Gasteiger partial charge in [0.25, 0.3) is 0 Å². The first-order chi connectivity index (χ1) is 6.74. The molecule has 78 valence electrons. The van der Waals surface area contributed by atoms with Crippen LogP contribution in [0.4, 0.5) is 0 Å². The Kier molecular flexibility index (Phi) is 3.77. The van der Waals surface area contributed by atoms with E-state index in [-0.39, 0.29) is 5.75 Å². The molecule has 3 heteroatoms. The molecule has 1 aromatic rings. The van der Waals surface area contributed by atoms with Crippen LogP contribution in [0.25, 0.3) is 0 Å². The highest BCUT2D eigenvalue weighted by Crippen LogP contribution is 2.32. The first kappa shape index (κ1) is 10.9. The predicted octanol–water partition coefficient (Wildman–Crippen LogP) is 1.68. The number of phenols is 1. The molecule has 0 fully saturated rings. The second-order valence-electron chi connectivity index (χ2n) is 3.14. The van der Waals surface area contributed by atoms with Crippen LogP contribution >= 0.6 is 0 Å². The smallest absolute Gasteiger partial charge is 0.162 e. The van der Waals surface area contributed by atoms with Gasteiger partial charge in [-0.25, -0.2) is 0 Å². The molecule has 1 rings (SSSR count). The van der Waals surface area contributed by atoms with Gasteiger partial charge in [-0.3, -0.25) is 0 Å². The molecule has 0 atom stereocenters. The van der Waals surface area contributed by atoms with Gasteiger partial charge in [0.15, 0.2) is 11.5 Å². The van der Waals surface area contributed by atoms with Crippen molar-refractivity contribution >= 4 is 0 Å². The lowest BCUT2D eigenvalue weighted by molar-refractivity contribution is 0.369. The minimum atomic E-state index is 0.251. The van der Waals surface area contributed by atoms with E-state index >= 15 is 0 Å². The molecule has 0 aliphatic rings. The van der Waals surface area contributed by atoms with E-state index in [4.69, 9.17) is 4.74 Å². The Morgan fingerprint density at radius 3 is 2.64 bits per heavy atom. The van der Waals surface area contributed by atoms with Crippen molar-refractivity contribution in [3.63, 3.8) is 0 Å². The fourth-order valence-corrected chi connectivity index (χ4v) is 1.53. The SMILES string of the molecule is CCc1ccc(OC)c(O)c1CNC. The highest BCUT2D eigenvalue weighted by molar-refractivity contribution is 5.49. The summed E-state index contributed by atoms with van der Waals surface area (Å²) in [6.45, 7) is 2.73. The van der Waals surface area contributed by atoms with E-state index in [1.807, 2.05) is 13.1 Å². The van der Waals surface area contributed by atoms with E-state index in [1.165, 1.54) is 0 Å². The van der Waals surface area contributed by atoms with Gasteiger partial charge < -0.3 is 15.2 Å². The van der Waals surface area contributed by atoms with Crippen LogP contribution < -0.4 is 10.1 Å². The van der Waals surface area contributed by atoms with Crippen LogP contribution in [0.1, 0.15) is 18.1 Å². The monoisotopic (exact) mass is 195 g/mol. The normalized spacial score (nSPS) is 10.2. The molecule has 0 heterocycles. The average molecular weight is 195 g/mol. The summed E-state index contributed by atoms with van der Waals surface area (Å²) in [7, 11) is 3.42. The molecule has 1 aromatic carbocycles. The highest BCUT2D eigenvalue weighted by atomic mass is 16.5. The standard InChI is InChI=1S/C11H17NO2/c1-4-8-5-6-10(14-3)11(13)9(8)7-12-2/h5-6,12-13H,4,7H2,1-3H3. The van der Waals surface area contributed by atoms with Crippen molar-refractivity contribution in [3.8, 4) is 11.5 Å². The summed E-state index contributed by atoms with van der Waals surface area (Å²) in [5.41, 5.74) is 2.08. The molecule has 0 radical (unpaired) electrons. The number of phenolic OH excluding ortho intramolecular Hbond substituents is 1. The van der Waals surface area contributed by atoms with Crippen molar-refractivity contribution in [3.05, 3.63) is 23.3 Å². The summed E-state index contributed by atoms with van der Waals surface area (Å²) < 4.78 is 5.05. The van der Waals surface area contributed by atoms with Crippen LogP contribution in [0.15, 0.2) is 12.1 Å². The first-order valence-electron chi connectivity index (χ1n) is 4.76. The van der Waals surface area contributed by atoms with Crippen LogP contribution in [0.3, 0.4) is 0 Å². The van der Waals surface area contributed by atoms with Gasteiger partial charge >= 0.3 is 0 Å². The lowest BCUT2D eigenvalue weighted by atomic mass is 10.0. The number of aryl methyl sites for hydroxylation is 1. The molecule has 2 N–H and O–H groups in total. The predicted molar refractivity (Wildman–Crippen MR) is 56.8 cm³/mol. The van der Waals surface area contributed by atoms with Gasteiger partial charge in [0, 0.05) is 12.1 Å². The Morgan fingerprint density at radius 2 is 2.14 bits per heavy atom. The van der Waals surface area contributed by atoms with E-state index in [2.05, 4.69) is 12.2 Å². The summed E-state index contributed by atoms with van der Waals surface area (Å²) >= 11 is 0. The number of hydrogen-bond acceptors (Lipinski definition) is 3. The zero-order valence-corrected chi connectivity index (χ0v) is 8.92. The zero-order chi connectivity index (χ0) is 10.6. The number of methoxy groups -OCH3 is 1. The van der Waals surface area contributed by atoms with Crippen LogP contribution in [0.5, 0.6) is 11.5 Å². The molecule has 0 spiro atoms. The van der Waals surface area contributed by atoms with Gasteiger partial charge in [0.1, 0.15) is 0 Å². The third-order valence-electron chi connectivity index (χ3n) is 2.30. The largest absolute Gasteiger partial charge is 0.504 e. The summed E-state index contributed by atoms with van der Waals surface area (Å²) in [5.74, 6) is 0.786. The third-order valence-corrected chi connectivity index (χ3v) is 2.30. The van der Waals surface area contributed by atoms with Gasteiger partial charge in [-0.15, -0.1) is 0 Å². The third kappa shape index (κ3) is 1.99. The molecule has 0 aliphatic carbocycles. The van der Waals surface area contributed by atoms with Crippen molar-refractivity contribution in [2.45, 2.75) is 19.9 Å². The van der Waals surface area contributed by atoms with Crippen molar-refractivity contribution in [1.29, 1.82) is 0 Å². The highest BCUT2D eigenvalue weighted by Gasteiger charge is 2.10. The minimum Gasteiger partial charge on any atom is -0.504 e. The molecule has 14 heavy (non-hydrogen) atoms. The maximum atomic E-state index is 9.87. The van der Waals surface area contributed by atoms with Crippen molar-refractivity contribution in [2.24, 2.45) is 0 Å². The quantitative estimate of drug-likeness (QED) is 0.768. The number of ether oxygens (including phenoxy) is 1. The van der Waals surface area contributed by atoms with Gasteiger partial charge in [-0.05, 0) is 25.1 Å². The van der Waals surface area contributed by atoms with Crippen molar-refractivity contribution in [1.82, 2.24) is 5.32 Å². The van der Waals surface area contributed by atoms with Crippen LogP contribution in [-0.2, 0) is 13.0 Å². The lowest BCUT2D eigenvalue weighted by Crippen LogP contribution is -2.08. The van der Waals surface area contributed by atoms with E-state index < -0.39 is 0 Å². The molecular weight excluding hydrogens is 178 g/mol. The van der Waals surface area contributed by atoms with Crippen molar-refractivity contribution in [2.75, 3.05) is 14.2 Å². The Labute approximate surface area is 84.7 Å². The number of aromatic hydroxyl groups is 1. The Balaban J connectivity index is 3.16. The topological polar surface area (TPSA) is 41.5 Å². The summed E-state index contributed by atoms with van der Waals surface area (Å²) in [4.78, 5) is 0. The molecule has 0 bridgehead atoms. The number of nitrogens with one attached hydrogen (secondary N) is 1. The maximum Gasteiger partial charge on any atom is 0.162 e. The van der Waals surface area contributed by atoms with Gasteiger partial charge in [-0.2, -0.15) is 0 Å². The Hall–Kier alpha value is -1.22. The maximum absolute atomic E-state index is 9.87. The molecule has 0 aliphatic heterocycles. The second kappa shape index (κ2) is 4.86. The van der Waals surface area contributed by atoms with E-state index in [0.717, 1.165) is 17.5 Å². The number of hydrogen-bond donors (Lipinski definition) is 2. The summed E-state index contributed by atoms with van der Waals surface area (Å²) in [6.07, 6.45) is 0.911. The van der Waals surface area contributed by atoms with E-state index in [9.17, 15) is 5.11 Å². The summed E-state index contributed by atoms with van der Waals surface area (Å²) in [6, 6.07) is 3.79. The summed E-state index contributed by atoms with van der Waals surface area (Å²) in [5, 5.41) is 12.9. The zero-order valence-electron chi connectivity index (χ0n) is 8.92. The Morgan fingerprint density at radius 1 is 1.43 bits per heavy atom. The van der Waals surface area contributed by atoms with E-state index in [1.54, 1.807) is 13.2 Å². The molecule has 0 saturated heterocycles. The molecule has 3 nitrogen and oxygen atoms in total. The average Bonchev–Trinajstić information content (AvgIpc) is 2.21. The van der Waals surface area contributed by atoms with Crippen LogP contribution in [0.2, 0.25) is 0 Å². The minimum absolute atomic E-state index is 0.251. The fraction of sp³-hybridized carbons (Fsp3) is 0.455. The van der Waals surface area contributed by atoms with Crippen LogP contribution in [0, 0.1) is 0 Å². The van der Waals surface area contributed by atoms with Crippen LogP contribution in [-0.4, -0.2) is 19.3 Å². The lowest BCUT2D eigenvalue weighted by Gasteiger charge is -2.12. The number of rotatable bonds is 4. The molecular formula is C11H17NO2. The van der Waals surface area contributed by atoms with Gasteiger partial charge in [0.2, 0.25) is 0 Å². The Bertz CT molecular complexity index is 310. The fourth-order valence-electron chi connectivity index (χ4n) is 1.53. The first-order valence-corrected chi connectivity index (χ1v) is 4.76. The molecule has 0 amide bonds. The molecule has 0 aromatic heterocycles. The van der Waals surface area contributed by atoms with Gasteiger partial charge in [0.05, 0.1) is 7.11 Å². The van der Waals surface area contributed by atoms with Gasteiger partial charge in [-0.1, -0.05) is 13.0 Å².